The van der Waals surface area contributed by atoms with Crippen LogP contribution in [-0.4, -0.2) is 42.0 Å². The van der Waals surface area contributed by atoms with Crippen LogP contribution >= 0.6 is 0 Å². The van der Waals surface area contributed by atoms with E-state index in [1.807, 2.05) is 0 Å². The Morgan fingerprint density at radius 2 is 2.10 bits per heavy atom. The van der Waals surface area contributed by atoms with Gasteiger partial charge >= 0.3 is 6.03 Å². The molecule has 0 spiro atoms. The number of ether oxygens (including phenoxy) is 1. The number of hydrogen-bond acceptors (Lipinski definition) is 3. The van der Waals surface area contributed by atoms with Crippen LogP contribution in [0.25, 0.3) is 0 Å². The van der Waals surface area contributed by atoms with Gasteiger partial charge in [0.15, 0.2) is 0 Å². The molecule has 2 amide bonds. The summed E-state index contributed by atoms with van der Waals surface area (Å²) in [5.74, 6) is 0. The van der Waals surface area contributed by atoms with Gasteiger partial charge in [-0.15, -0.1) is 0 Å². The van der Waals surface area contributed by atoms with Crippen molar-refractivity contribution in [3.05, 3.63) is 0 Å². The molecule has 1 aliphatic carbocycles. The van der Waals surface area contributed by atoms with Crippen molar-refractivity contribution in [2.75, 3.05) is 13.2 Å². The van der Waals surface area contributed by atoms with E-state index in [0.29, 0.717) is 6.54 Å². The summed E-state index contributed by atoms with van der Waals surface area (Å²) in [6.45, 7) is 3.20. The smallest absolute Gasteiger partial charge is 0.315 e. The van der Waals surface area contributed by atoms with Crippen molar-refractivity contribution >= 4 is 6.03 Å². The number of nitrogens with one attached hydrogen (secondary N) is 2. The zero-order valence-corrected chi connectivity index (χ0v) is 12.5. The Kier molecular flexibility index (Phi) is 5.66. The number of carbonyl (C=O) groups excluding carboxylic acids is 1. The first-order valence-electron chi connectivity index (χ1n) is 8.01. The van der Waals surface area contributed by atoms with Crippen molar-refractivity contribution in [1.29, 1.82) is 0 Å². The average Bonchev–Trinajstić information content (AvgIpc) is 2.97. The first-order valence-corrected chi connectivity index (χ1v) is 8.01. The van der Waals surface area contributed by atoms with Gasteiger partial charge in [0, 0.05) is 13.2 Å². The highest BCUT2D eigenvalue weighted by atomic mass is 16.5. The van der Waals surface area contributed by atoms with Gasteiger partial charge < -0.3 is 20.5 Å². The Labute approximate surface area is 121 Å². The summed E-state index contributed by atoms with van der Waals surface area (Å²) in [5, 5.41) is 16.2. The summed E-state index contributed by atoms with van der Waals surface area (Å²) in [6.07, 6.45) is 7.96. The lowest BCUT2D eigenvalue weighted by molar-refractivity contribution is 0.00686. The molecule has 2 atom stereocenters. The predicted molar refractivity (Wildman–Crippen MR) is 77.6 cm³/mol. The third-order valence-corrected chi connectivity index (χ3v) is 4.53. The van der Waals surface area contributed by atoms with Gasteiger partial charge in [-0.2, -0.15) is 0 Å². The van der Waals surface area contributed by atoms with E-state index in [2.05, 4.69) is 17.6 Å². The maximum atomic E-state index is 12.0. The Morgan fingerprint density at radius 3 is 2.70 bits per heavy atom. The van der Waals surface area contributed by atoms with E-state index >= 15 is 0 Å². The minimum Gasteiger partial charge on any atom is -0.388 e. The molecule has 3 N–H and O–H groups in total. The molecule has 2 fully saturated rings. The number of rotatable bonds is 5. The van der Waals surface area contributed by atoms with E-state index in [9.17, 15) is 9.90 Å². The van der Waals surface area contributed by atoms with E-state index in [-0.39, 0.29) is 18.2 Å². The van der Waals surface area contributed by atoms with Gasteiger partial charge in [0.25, 0.3) is 0 Å². The van der Waals surface area contributed by atoms with Gasteiger partial charge in [-0.05, 0) is 32.1 Å². The molecule has 0 aromatic rings. The average molecular weight is 284 g/mol. The minimum absolute atomic E-state index is 0.0681. The van der Waals surface area contributed by atoms with Crippen LogP contribution in [0.1, 0.15) is 58.3 Å². The van der Waals surface area contributed by atoms with E-state index in [4.69, 9.17) is 4.74 Å². The second-order valence-electron chi connectivity index (χ2n) is 6.18. The molecule has 2 aliphatic rings. The highest BCUT2D eigenvalue weighted by Crippen LogP contribution is 2.27. The molecule has 116 valence electrons. The molecular weight excluding hydrogens is 256 g/mol. The SMILES string of the molecule is CCC(NC(=O)NCC1(O)CCCCC1)C1CCCO1. The Hall–Kier alpha value is -0.810. The number of hydrogen-bond donors (Lipinski definition) is 3. The van der Waals surface area contributed by atoms with E-state index in [0.717, 1.165) is 51.6 Å². The van der Waals surface area contributed by atoms with Crippen molar-refractivity contribution in [1.82, 2.24) is 10.6 Å². The summed E-state index contributed by atoms with van der Waals surface area (Å²) in [6, 6.07) is -0.121. The molecule has 20 heavy (non-hydrogen) atoms. The van der Waals surface area contributed by atoms with Crippen LogP contribution in [0, 0.1) is 0 Å². The number of amides is 2. The van der Waals surface area contributed by atoms with Crippen LogP contribution in [0.5, 0.6) is 0 Å². The molecule has 1 saturated carbocycles. The molecule has 1 heterocycles. The van der Waals surface area contributed by atoms with Gasteiger partial charge in [-0.1, -0.05) is 26.2 Å². The molecule has 1 saturated heterocycles. The standard InChI is InChI=1S/C15H28N2O3/c1-2-12(13-7-6-10-20-13)17-14(18)16-11-15(19)8-4-3-5-9-15/h12-13,19H,2-11H2,1H3,(H2,16,17,18). The lowest BCUT2D eigenvalue weighted by Crippen LogP contribution is -2.51. The van der Waals surface area contributed by atoms with Gasteiger partial charge in [0.1, 0.15) is 0 Å². The largest absolute Gasteiger partial charge is 0.388 e. The van der Waals surface area contributed by atoms with Gasteiger partial charge in [-0.25, -0.2) is 4.79 Å². The summed E-state index contributed by atoms with van der Waals surface area (Å²) in [7, 11) is 0. The second kappa shape index (κ2) is 7.27. The highest BCUT2D eigenvalue weighted by Gasteiger charge is 2.30. The fraction of sp³-hybridized carbons (Fsp3) is 0.933. The topological polar surface area (TPSA) is 70.6 Å². The Morgan fingerprint density at radius 1 is 1.35 bits per heavy atom. The first-order chi connectivity index (χ1) is 9.63. The maximum Gasteiger partial charge on any atom is 0.315 e. The number of aliphatic hydroxyl groups is 1. The van der Waals surface area contributed by atoms with E-state index < -0.39 is 5.60 Å². The summed E-state index contributed by atoms with van der Waals surface area (Å²) in [5.41, 5.74) is -0.707. The van der Waals surface area contributed by atoms with Gasteiger partial charge in [-0.3, -0.25) is 0 Å². The predicted octanol–water partition coefficient (Wildman–Crippen LogP) is 1.94. The molecule has 0 bridgehead atoms. The van der Waals surface area contributed by atoms with Crippen LogP contribution in [-0.2, 0) is 4.74 Å². The molecule has 5 nitrogen and oxygen atoms in total. The highest BCUT2D eigenvalue weighted by molar-refractivity contribution is 5.74. The van der Waals surface area contributed by atoms with Crippen molar-refractivity contribution in [2.45, 2.75) is 76.0 Å². The molecule has 5 heteroatoms. The van der Waals surface area contributed by atoms with Crippen LogP contribution < -0.4 is 10.6 Å². The van der Waals surface area contributed by atoms with Crippen molar-refractivity contribution in [3.8, 4) is 0 Å². The van der Waals surface area contributed by atoms with Crippen LogP contribution in [0.4, 0.5) is 4.79 Å². The second-order valence-corrected chi connectivity index (χ2v) is 6.18. The molecular formula is C15H28N2O3. The third-order valence-electron chi connectivity index (χ3n) is 4.53. The van der Waals surface area contributed by atoms with Gasteiger partial charge in [0.05, 0.1) is 17.7 Å². The first kappa shape index (κ1) is 15.6. The monoisotopic (exact) mass is 284 g/mol. The summed E-state index contributed by atoms with van der Waals surface area (Å²) < 4.78 is 5.63. The summed E-state index contributed by atoms with van der Waals surface area (Å²) in [4.78, 5) is 12.0. The molecule has 1 aliphatic heterocycles. The maximum absolute atomic E-state index is 12.0. The molecule has 0 radical (unpaired) electrons. The lowest BCUT2D eigenvalue weighted by Gasteiger charge is -2.32. The van der Waals surface area contributed by atoms with Crippen molar-refractivity contribution in [3.63, 3.8) is 0 Å². The van der Waals surface area contributed by atoms with Crippen molar-refractivity contribution < 1.29 is 14.6 Å². The zero-order valence-electron chi connectivity index (χ0n) is 12.5. The quantitative estimate of drug-likeness (QED) is 0.722. The number of carbonyl (C=O) groups is 1. The van der Waals surface area contributed by atoms with Crippen LogP contribution in [0.3, 0.4) is 0 Å². The fourth-order valence-electron chi connectivity index (χ4n) is 3.23. The molecule has 2 rings (SSSR count). The van der Waals surface area contributed by atoms with Crippen molar-refractivity contribution in [2.24, 2.45) is 0 Å². The van der Waals surface area contributed by atoms with Crippen LogP contribution in [0.15, 0.2) is 0 Å². The number of urea groups is 1. The Balaban J connectivity index is 1.73. The Bertz CT molecular complexity index is 310. The van der Waals surface area contributed by atoms with E-state index in [1.54, 1.807) is 0 Å². The normalized spacial score (nSPS) is 27.0. The third kappa shape index (κ3) is 4.35. The minimum atomic E-state index is -0.707. The fourth-order valence-corrected chi connectivity index (χ4v) is 3.23. The van der Waals surface area contributed by atoms with Gasteiger partial charge in [0.2, 0.25) is 0 Å². The molecule has 0 aromatic carbocycles. The molecule has 0 aromatic heterocycles. The van der Waals surface area contributed by atoms with E-state index in [1.165, 1.54) is 6.42 Å². The summed E-state index contributed by atoms with van der Waals surface area (Å²) >= 11 is 0. The lowest BCUT2D eigenvalue weighted by atomic mass is 9.85. The van der Waals surface area contributed by atoms with Crippen LogP contribution in [0.2, 0.25) is 0 Å². The molecule has 2 unspecified atom stereocenters. The zero-order chi connectivity index (χ0) is 14.4.